The largest absolute Gasteiger partial charge is 0.470 e. The number of hydrogen-bond acceptors (Lipinski definition) is 11. The van der Waals surface area contributed by atoms with Crippen molar-refractivity contribution in [2.75, 3.05) is 6.54 Å². The lowest BCUT2D eigenvalue weighted by molar-refractivity contribution is -0.141. The second-order valence-electron chi connectivity index (χ2n) is 18.0. The molecule has 4 aliphatic rings. The monoisotopic (exact) mass is 862 g/mol. The summed E-state index contributed by atoms with van der Waals surface area (Å²) in [5.41, 5.74) is 1.68. The van der Waals surface area contributed by atoms with Gasteiger partial charge in [0.25, 0.3) is 17.7 Å². The maximum absolute atomic E-state index is 14.8. The van der Waals surface area contributed by atoms with Gasteiger partial charge < -0.3 is 29.1 Å². The van der Waals surface area contributed by atoms with Gasteiger partial charge in [-0.25, -0.2) is 13.4 Å². The topological polar surface area (TPSA) is 203 Å². The van der Waals surface area contributed by atoms with Crippen molar-refractivity contribution in [3.8, 4) is 17.3 Å². The number of ether oxygens (including phenoxy) is 1. The van der Waals surface area contributed by atoms with Gasteiger partial charge in [0.1, 0.15) is 34.8 Å². The number of benzene rings is 2. The number of rotatable bonds is 8. The minimum atomic E-state index is -3.93. The zero-order valence-electron chi connectivity index (χ0n) is 34.9. The van der Waals surface area contributed by atoms with E-state index in [0.717, 1.165) is 29.4 Å². The third kappa shape index (κ3) is 8.19. The van der Waals surface area contributed by atoms with Crippen LogP contribution in [0, 0.1) is 5.92 Å². The number of allylic oxidation sites excluding steroid dienone is 1. The molecule has 4 amide bonds. The molecule has 0 unspecified atom stereocenters. The van der Waals surface area contributed by atoms with Crippen molar-refractivity contribution in [3.05, 3.63) is 90.4 Å². The van der Waals surface area contributed by atoms with E-state index in [4.69, 9.17) is 23.5 Å². The highest BCUT2D eigenvalue weighted by Gasteiger charge is 2.62. The molecule has 1 saturated heterocycles. The number of carbonyl (C=O) groups excluding carboxylic acids is 4. The molecule has 5 aromatic rings. The average Bonchev–Trinajstić information content (AvgIpc) is 4.03. The molecule has 3 N–H and O–H groups in total. The standard InChI is InChI=1S/C46H50N6O9S/c1-45(2,3)28-19-17-27(18-20-28)39-48-37-32-13-9-10-15-35(32)61-38(37)42(49-39)60-30-24-34-40(53)50-46(44(56)51-62(57,58)31-21-22-31)25-29(46)12-7-5-4-6-8-14-33(43(55)52(34)26-30)47-41(54)36-16-11-23-59-36/h7,9-13,15-20,23,29-31,33-34H,4-6,8,14,21-22,24-26H2,1-3H3,(H,47,54)(H,50,53)(H,51,56)/b12-7-/t29-,30+,33-,34-,46+/m0/s1. The highest BCUT2D eigenvalue weighted by atomic mass is 32.2. The summed E-state index contributed by atoms with van der Waals surface area (Å²) in [5, 5.41) is 5.85. The molecular weight excluding hydrogens is 813 g/mol. The van der Waals surface area contributed by atoms with E-state index < -0.39 is 68.5 Å². The Kier molecular flexibility index (Phi) is 10.7. The zero-order chi connectivity index (χ0) is 43.4. The van der Waals surface area contributed by atoms with E-state index in [1.54, 1.807) is 6.07 Å². The Balaban J connectivity index is 1.07. The van der Waals surface area contributed by atoms with E-state index in [1.165, 1.54) is 17.2 Å². The van der Waals surface area contributed by atoms with Crippen LogP contribution in [0.5, 0.6) is 5.88 Å². The van der Waals surface area contributed by atoms with Crippen molar-refractivity contribution in [1.29, 1.82) is 0 Å². The molecule has 15 nitrogen and oxygen atoms in total. The molecule has 3 fully saturated rings. The van der Waals surface area contributed by atoms with Crippen LogP contribution in [0.4, 0.5) is 0 Å². The van der Waals surface area contributed by atoms with E-state index in [9.17, 15) is 27.6 Å². The van der Waals surface area contributed by atoms with Gasteiger partial charge in [-0.15, -0.1) is 0 Å². The summed E-state index contributed by atoms with van der Waals surface area (Å²) in [6, 6.07) is 16.4. The van der Waals surface area contributed by atoms with Gasteiger partial charge in [-0.2, -0.15) is 4.98 Å². The summed E-state index contributed by atoms with van der Waals surface area (Å²) in [7, 11) is -3.93. The van der Waals surface area contributed by atoms with E-state index >= 15 is 0 Å². The Morgan fingerprint density at radius 3 is 2.50 bits per heavy atom. The van der Waals surface area contributed by atoms with E-state index in [0.29, 0.717) is 54.6 Å². The van der Waals surface area contributed by atoms with Crippen LogP contribution in [0.15, 0.2) is 87.9 Å². The van der Waals surface area contributed by atoms with Crippen LogP contribution in [-0.2, 0) is 29.8 Å². The van der Waals surface area contributed by atoms with E-state index in [2.05, 4.69) is 36.1 Å². The fourth-order valence-electron chi connectivity index (χ4n) is 8.54. The predicted octanol–water partition coefficient (Wildman–Crippen LogP) is 6.08. The highest BCUT2D eigenvalue weighted by molar-refractivity contribution is 7.91. The lowest BCUT2D eigenvalue weighted by Crippen LogP contribution is -2.58. The fraction of sp³-hybridized carbons (Fsp3) is 0.435. The average molecular weight is 863 g/mol. The van der Waals surface area contributed by atoms with Gasteiger partial charge >= 0.3 is 0 Å². The van der Waals surface area contributed by atoms with Crippen molar-refractivity contribution in [1.82, 2.24) is 30.2 Å². The van der Waals surface area contributed by atoms with Crippen molar-refractivity contribution < 1.29 is 41.2 Å². The number of nitrogens with one attached hydrogen (secondary N) is 3. The number of nitrogens with zero attached hydrogens (tertiary/aromatic N) is 3. The molecule has 2 saturated carbocycles. The third-order valence-electron chi connectivity index (χ3n) is 12.4. The first-order valence-electron chi connectivity index (χ1n) is 21.4. The molecule has 2 aliphatic heterocycles. The Morgan fingerprint density at radius 1 is 0.968 bits per heavy atom. The van der Waals surface area contributed by atoms with Gasteiger partial charge in [-0.3, -0.25) is 23.9 Å². The normalized spacial score (nSPS) is 25.2. The molecular formula is C46H50N6O9S. The lowest BCUT2D eigenvalue weighted by Gasteiger charge is -2.29. The molecule has 16 heteroatoms. The van der Waals surface area contributed by atoms with Crippen molar-refractivity contribution in [3.63, 3.8) is 0 Å². The Labute approximate surface area is 359 Å². The molecule has 2 aromatic carbocycles. The van der Waals surface area contributed by atoms with Crippen LogP contribution in [0.1, 0.15) is 94.7 Å². The lowest BCUT2D eigenvalue weighted by atomic mass is 9.87. The van der Waals surface area contributed by atoms with Crippen molar-refractivity contribution in [2.24, 2.45) is 5.92 Å². The quantitative estimate of drug-likeness (QED) is 0.153. The van der Waals surface area contributed by atoms with E-state index in [-0.39, 0.29) is 36.4 Å². The van der Waals surface area contributed by atoms with Crippen LogP contribution in [-0.4, -0.2) is 82.4 Å². The molecule has 0 radical (unpaired) electrons. The first-order valence-corrected chi connectivity index (χ1v) is 22.9. The maximum Gasteiger partial charge on any atom is 0.287 e. The molecule has 62 heavy (non-hydrogen) atoms. The Bertz CT molecular complexity index is 2680. The zero-order valence-corrected chi connectivity index (χ0v) is 35.7. The number of amides is 4. The van der Waals surface area contributed by atoms with Gasteiger partial charge in [0.15, 0.2) is 11.6 Å². The first-order chi connectivity index (χ1) is 29.7. The van der Waals surface area contributed by atoms with Gasteiger partial charge in [0.2, 0.25) is 27.4 Å². The van der Waals surface area contributed by atoms with Gasteiger partial charge in [0.05, 0.1) is 18.1 Å². The minimum Gasteiger partial charge on any atom is -0.470 e. The first kappa shape index (κ1) is 41.3. The number of fused-ring (bicyclic) bond motifs is 5. The van der Waals surface area contributed by atoms with Gasteiger partial charge in [-0.05, 0) is 73.8 Å². The molecule has 324 valence electrons. The van der Waals surface area contributed by atoms with Gasteiger partial charge in [-0.1, -0.05) is 82.2 Å². The highest BCUT2D eigenvalue weighted by Crippen LogP contribution is 2.46. The number of carbonyl (C=O) groups is 4. The molecule has 0 spiro atoms. The summed E-state index contributed by atoms with van der Waals surface area (Å²) in [4.78, 5) is 67.9. The molecule has 9 rings (SSSR count). The molecule has 3 aromatic heterocycles. The maximum atomic E-state index is 14.8. The van der Waals surface area contributed by atoms with Gasteiger partial charge in [0, 0.05) is 23.3 Å². The number of hydrogen-bond donors (Lipinski definition) is 3. The smallest absolute Gasteiger partial charge is 0.287 e. The van der Waals surface area contributed by atoms with Crippen LogP contribution in [0.3, 0.4) is 0 Å². The summed E-state index contributed by atoms with van der Waals surface area (Å²) in [6.45, 7) is 6.33. The SMILES string of the molecule is CC(C)(C)c1ccc(-c2nc(O[C@@H]3C[C@H]4C(=O)N[C@]5(C(=O)NS(=O)(=O)C6CC6)C[C@@H]5/C=C\CCCCC[C@H](NC(=O)c5ccco5)C(=O)N4C3)c3oc4ccccc4c3n2)cc1. The number of para-hydroxylation sites is 1. The Hall–Kier alpha value is -6.03. The van der Waals surface area contributed by atoms with Crippen LogP contribution < -0.4 is 20.1 Å². The second-order valence-corrected chi connectivity index (χ2v) is 19.9. The Morgan fingerprint density at radius 2 is 1.76 bits per heavy atom. The molecule has 5 heterocycles. The van der Waals surface area contributed by atoms with Crippen LogP contribution in [0.2, 0.25) is 0 Å². The fourth-order valence-corrected chi connectivity index (χ4v) is 9.90. The minimum absolute atomic E-state index is 0.0175. The summed E-state index contributed by atoms with van der Waals surface area (Å²) < 4.78 is 46.5. The van der Waals surface area contributed by atoms with Crippen molar-refractivity contribution >= 4 is 55.7 Å². The van der Waals surface area contributed by atoms with Crippen LogP contribution >= 0.6 is 0 Å². The summed E-state index contributed by atoms with van der Waals surface area (Å²) in [6.07, 6.45) is 8.55. The van der Waals surface area contributed by atoms with Crippen molar-refractivity contribution in [2.45, 2.75) is 113 Å². The number of aromatic nitrogens is 2. The summed E-state index contributed by atoms with van der Waals surface area (Å²) in [5.74, 6) is -2.45. The van der Waals surface area contributed by atoms with Crippen LogP contribution in [0.25, 0.3) is 33.5 Å². The second kappa shape index (κ2) is 16.0. The number of sulfonamides is 1. The summed E-state index contributed by atoms with van der Waals surface area (Å²) >= 11 is 0. The molecule has 5 atom stereocenters. The molecule has 2 aliphatic carbocycles. The third-order valence-corrected chi connectivity index (χ3v) is 14.2. The number of furan rings is 2. The van der Waals surface area contributed by atoms with E-state index in [1.807, 2.05) is 60.7 Å². The molecule has 0 bridgehead atoms. The predicted molar refractivity (Wildman–Crippen MR) is 229 cm³/mol.